The fourth-order valence-corrected chi connectivity index (χ4v) is 3.58. The third kappa shape index (κ3) is 4.68. The number of benzene rings is 1. The van der Waals surface area contributed by atoms with Crippen molar-refractivity contribution >= 4 is 34.5 Å². The highest BCUT2D eigenvalue weighted by Crippen LogP contribution is 2.30. The monoisotopic (exact) mass is 404 g/mol. The van der Waals surface area contributed by atoms with Crippen molar-refractivity contribution < 1.29 is 9.59 Å². The molecule has 2 aromatic heterocycles. The van der Waals surface area contributed by atoms with Crippen molar-refractivity contribution in [2.24, 2.45) is 0 Å². The topological polar surface area (TPSA) is 94.9 Å². The number of carbonyl (C=O) groups excluding carboxylic acids is 2. The van der Waals surface area contributed by atoms with Crippen molar-refractivity contribution in [1.82, 2.24) is 4.98 Å². The molecule has 2 heterocycles. The lowest BCUT2D eigenvalue weighted by Gasteiger charge is -2.12. The summed E-state index contributed by atoms with van der Waals surface area (Å²) in [7, 11) is 0. The average Bonchev–Trinajstić information content (AvgIpc) is 3.21. The zero-order valence-corrected chi connectivity index (χ0v) is 17.1. The van der Waals surface area contributed by atoms with Gasteiger partial charge in [0.15, 0.2) is 0 Å². The van der Waals surface area contributed by atoms with Crippen LogP contribution in [0.5, 0.6) is 0 Å². The lowest BCUT2D eigenvalue weighted by molar-refractivity contribution is 0.101. The van der Waals surface area contributed by atoms with Gasteiger partial charge in [0.25, 0.3) is 11.8 Å². The van der Waals surface area contributed by atoms with Crippen LogP contribution in [0.1, 0.15) is 44.3 Å². The van der Waals surface area contributed by atoms with Crippen molar-refractivity contribution in [2.45, 2.75) is 26.2 Å². The summed E-state index contributed by atoms with van der Waals surface area (Å²) in [5.74, 6) is -0.557. The molecule has 0 radical (unpaired) electrons. The van der Waals surface area contributed by atoms with Gasteiger partial charge in [-0.3, -0.25) is 14.6 Å². The highest BCUT2D eigenvalue weighted by molar-refractivity contribution is 7.14. The van der Waals surface area contributed by atoms with Gasteiger partial charge in [-0.05, 0) is 62.7 Å². The number of pyridine rings is 1. The maximum atomic E-state index is 12.6. The number of hydrogen-bond donors (Lipinski definition) is 2. The largest absolute Gasteiger partial charge is 0.321 e. The number of rotatable bonds is 5. The molecule has 2 N–H and O–H groups in total. The molecule has 0 bridgehead atoms. The van der Waals surface area contributed by atoms with Gasteiger partial charge < -0.3 is 10.6 Å². The van der Waals surface area contributed by atoms with Crippen molar-refractivity contribution in [3.05, 3.63) is 75.7 Å². The van der Waals surface area contributed by atoms with E-state index in [-0.39, 0.29) is 11.8 Å². The van der Waals surface area contributed by atoms with E-state index in [1.165, 1.54) is 11.3 Å². The van der Waals surface area contributed by atoms with Crippen LogP contribution in [-0.2, 0) is 5.41 Å². The number of carbonyl (C=O) groups is 2. The minimum absolute atomic E-state index is 0.277. The average molecular weight is 404 g/mol. The molecule has 0 atom stereocenters. The molecule has 7 heteroatoms. The summed E-state index contributed by atoms with van der Waals surface area (Å²) in [5, 5.41) is 14.9. The number of aromatic nitrogens is 1. The van der Waals surface area contributed by atoms with Gasteiger partial charge in [0.2, 0.25) is 0 Å². The maximum Gasteiger partial charge on any atom is 0.265 e. The van der Waals surface area contributed by atoms with Crippen molar-refractivity contribution in [1.29, 1.82) is 5.26 Å². The van der Waals surface area contributed by atoms with E-state index in [1.54, 1.807) is 54.9 Å². The first-order chi connectivity index (χ1) is 13.8. The van der Waals surface area contributed by atoms with Crippen molar-refractivity contribution in [2.75, 3.05) is 10.6 Å². The third-order valence-electron chi connectivity index (χ3n) is 4.38. The Balaban J connectivity index is 1.77. The van der Waals surface area contributed by atoms with E-state index in [0.29, 0.717) is 21.8 Å². The SMILES string of the molecule is Cc1ccc(NC(=O)c2ccc(C(C)(C)C#N)s2)cc1C(=O)Nc1cccnc1. The Morgan fingerprint density at radius 2 is 1.83 bits per heavy atom. The van der Waals surface area contributed by atoms with Crippen LogP contribution < -0.4 is 10.6 Å². The van der Waals surface area contributed by atoms with Crippen LogP contribution in [0.3, 0.4) is 0 Å². The summed E-state index contributed by atoms with van der Waals surface area (Å²) in [6.45, 7) is 5.46. The molecule has 2 amide bonds. The Morgan fingerprint density at radius 1 is 1.07 bits per heavy atom. The summed E-state index contributed by atoms with van der Waals surface area (Å²) in [5.41, 5.74) is 1.72. The van der Waals surface area contributed by atoms with Gasteiger partial charge in [-0.25, -0.2) is 0 Å². The van der Waals surface area contributed by atoms with Crippen LogP contribution in [-0.4, -0.2) is 16.8 Å². The summed E-state index contributed by atoms with van der Waals surface area (Å²) >= 11 is 1.29. The van der Waals surface area contributed by atoms with E-state index < -0.39 is 5.41 Å². The molecule has 1 aromatic carbocycles. The highest BCUT2D eigenvalue weighted by atomic mass is 32.1. The first-order valence-electron chi connectivity index (χ1n) is 8.95. The molecule has 0 saturated carbocycles. The van der Waals surface area contributed by atoms with Crippen LogP contribution in [0, 0.1) is 18.3 Å². The Hall–Kier alpha value is -3.50. The highest BCUT2D eigenvalue weighted by Gasteiger charge is 2.23. The zero-order chi connectivity index (χ0) is 21.0. The van der Waals surface area contributed by atoms with Crippen LogP contribution >= 0.6 is 11.3 Å². The van der Waals surface area contributed by atoms with Crippen LogP contribution in [0.15, 0.2) is 54.9 Å². The van der Waals surface area contributed by atoms with Gasteiger partial charge in [-0.2, -0.15) is 5.26 Å². The summed E-state index contributed by atoms with van der Waals surface area (Å²) in [6, 6.07) is 14.4. The molecule has 0 unspecified atom stereocenters. The van der Waals surface area contributed by atoms with Gasteiger partial charge in [0, 0.05) is 22.3 Å². The molecule has 0 spiro atoms. The Bertz CT molecular complexity index is 1100. The predicted octanol–water partition coefficient (Wildman–Crippen LogP) is 4.76. The standard InChI is InChI=1S/C22H20N4O2S/c1-14-6-7-15(11-17(14)20(27)26-16-5-4-10-24-12-16)25-21(28)18-8-9-19(29-18)22(2,3)13-23/h4-12H,1-3H3,(H,25,28)(H,26,27). The fourth-order valence-electron chi connectivity index (χ4n) is 2.62. The minimum atomic E-state index is -0.648. The quantitative estimate of drug-likeness (QED) is 0.641. The number of aryl methyl sites for hydroxylation is 1. The van der Waals surface area contributed by atoms with Crippen LogP contribution in [0.2, 0.25) is 0 Å². The van der Waals surface area contributed by atoms with Crippen LogP contribution in [0.4, 0.5) is 11.4 Å². The van der Waals surface area contributed by atoms with E-state index in [4.69, 9.17) is 0 Å². The molecule has 146 valence electrons. The van der Waals surface area contributed by atoms with E-state index in [9.17, 15) is 14.9 Å². The Morgan fingerprint density at radius 3 is 2.52 bits per heavy atom. The number of nitriles is 1. The van der Waals surface area contributed by atoms with Gasteiger partial charge >= 0.3 is 0 Å². The normalized spacial score (nSPS) is 10.8. The first-order valence-corrected chi connectivity index (χ1v) is 9.77. The number of thiophene rings is 1. The smallest absolute Gasteiger partial charge is 0.265 e. The predicted molar refractivity (Wildman–Crippen MR) is 114 cm³/mol. The lowest BCUT2D eigenvalue weighted by Crippen LogP contribution is -2.15. The second-order valence-corrected chi connectivity index (χ2v) is 8.16. The second kappa shape index (κ2) is 8.25. The van der Waals surface area contributed by atoms with E-state index in [1.807, 2.05) is 20.8 Å². The zero-order valence-electron chi connectivity index (χ0n) is 16.3. The molecule has 29 heavy (non-hydrogen) atoms. The number of hydrogen-bond acceptors (Lipinski definition) is 5. The summed E-state index contributed by atoms with van der Waals surface area (Å²) < 4.78 is 0. The lowest BCUT2D eigenvalue weighted by atomic mass is 9.94. The molecule has 3 aromatic rings. The van der Waals surface area contributed by atoms with Gasteiger partial charge in [-0.15, -0.1) is 11.3 Å². The third-order valence-corrected chi connectivity index (χ3v) is 5.79. The molecular formula is C22H20N4O2S. The van der Waals surface area contributed by atoms with Crippen molar-refractivity contribution in [3.8, 4) is 6.07 Å². The Kier molecular flexibility index (Phi) is 5.76. The van der Waals surface area contributed by atoms with E-state index in [2.05, 4.69) is 21.7 Å². The summed E-state index contributed by atoms with van der Waals surface area (Å²) in [6.07, 6.45) is 3.20. The molecule has 0 saturated heterocycles. The summed E-state index contributed by atoms with van der Waals surface area (Å²) in [4.78, 5) is 30.5. The van der Waals surface area contributed by atoms with Gasteiger partial charge in [0.05, 0.1) is 28.2 Å². The van der Waals surface area contributed by atoms with Crippen LogP contribution in [0.25, 0.3) is 0 Å². The molecule has 0 aliphatic heterocycles. The number of nitrogens with zero attached hydrogens (tertiary/aromatic N) is 2. The molecular weight excluding hydrogens is 384 g/mol. The molecule has 3 rings (SSSR count). The maximum absolute atomic E-state index is 12.6. The number of amides is 2. The molecule has 0 aliphatic rings. The first kappa shape index (κ1) is 20.2. The number of anilines is 2. The minimum Gasteiger partial charge on any atom is -0.321 e. The molecule has 0 aliphatic carbocycles. The number of nitrogens with one attached hydrogen (secondary N) is 2. The molecule has 6 nitrogen and oxygen atoms in total. The van der Waals surface area contributed by atoms with E-state index >= 15 is 0 Å². The van der Waals surface area contributed by atoms with Gasteiger partial charge in [-0.1, -0.05) is 6.07 Å². The second-order valence-electron chi connectivity index (χ2n) is 7.08. The Labute approximate surface area is 173 Å². The van der Waals surface area contributed by atoms with E-state index in [0.717, 1.165) is 10.4 Å². The molecule has 0 fully saturated rings. The van der Waals surface area contributed by atoms with Gasteiger partial charge in [0.1, 0.15) is 0 Å². The van der Waals surface area contributed by atoms with Crippen molar-refractivity contribution in [3.63, 3.8) is 0 Å². The fraction of sp³-hybridized carbons (Fsp3) is 0.182.